The van der Waals surface area contributed by atoms with Gasteiger partial charge in [0.15, 0.2) is 0 Å². The summed E-state index contributed by atoms with van der Waals surface area (Å²) in [7, 11) is -4.10. The minimum absolute atomic E-state index is 0.0926. The van der Waals surface area contributed by atoms with Gasteiger partial charge in [0, 0.05) is 5.92 Å². The van der Waals surface area contributed by atoms with E-state index in [2.05, 4.69) is 5.92 Å². The molecule has 16 heavy (non-hydrogen) atoms. The van der Waals surface area contributed by atoms with E-state index in [1.807, 2.05) is 6.92 Å². The van der Waals surface area contributed by atoms with Gasteiger partial charge in [-0.25, -0.2) is 0 Å². The van der Waals surface area contributed by atoms with Crippen molar-refractivity contribution in [2.45, 2.75) is 24.7 Å². The predicted molar refractivity (Wildman–Crippen MR) is 62.6 cm³/mol. The summed E-state index contributed by atoms with van der Waals surface area (Å²) in [6.45, 7) is 2.01. The Kier molecular flexibility index (Phi) is 4.11. The summed E-state index contributed by atoms with van der Waals surface area (Å²) in [5.41, 5.74) is 0.970. The van der Waals surface area contributed by atoms with Crippen LogP contribution in [0.5, 0.6) is 0 Å². The zero-order valence-electron chi connectivity index (χ0n) is 9.05. The number of rotatable bonds is 4. The summed E-state index contributed by atoms with van der Waals surface area (Å²) in [5, 5.41) is 0. The first-order chi connectivity index (χ1) is 7.47. The van der Waals surface area contributed by atoms with Gasteiger partial charge in [-0.15, -0.1) is 12.3 Å². The highest BCUT2D eigenvalue weighted by Crippen LogP contribution is 2.14. The summed E-state index contributed by atoms with van der Waals surface area (Å²) in [6, 6.07) is 6.11. The second-order valence-electron chi connectivity index (χ2n) is 3.59. The van der Waals surface area contributed by atoms with E-state index in [1.54, 1.807) is 12.1 Å². The molecule has 0 bridgehead atoms. The molecule has 0 amide bonds. The van der Waals surface area contributed by atoms with Crippen molar-refractivity contribution in [2.24, 2.45) is 5.92 Å². The molecule has 0 fully saturated rings. The van der Waals surface area contributed by atoms with Crippen LogP contribution >= 0.6 is 0 Å². The van der Waals surface area contributed by atoms with Crippen LogP contribution in [0.15, 0.2) is 29.2 Å². The molecule has 0 aliphatic carbocycles. The van der Waals surface area contributed by atoms with Crippen LogP contribution in [0.4, 0.5) is 0 Å². The lowest BCUT2D eigenvalue weighted by molar-refractivity contribution is 0.483. The van der Waals surface area contributed by atoms with E-state index < -0.39 is 10.1 Å². The van der Waals surface area contributed by atoms with Crippen LogP contribution in [0, 0.1) is 18.3 Å². The molecule has 1 rings (SSSR count). The molecule has 0 saturated heterocycles. The van der Waals surface area contributed by atoms with Crippen LogP contribution in [0.2, 0.25) is 0 Å². The lowest BCUT2D eigenvalue weighted by atomic mass is 9.98. The average Bonchev–Trinajstić information content (AvgIpc) is 2.25. The van der Waals surface area contributed by atoms with Gasteiger partial charge in [0.25, 0.3) is 10.1 Å². The Hall–Kier alpha value is -1.31. The van der Waals surface area contributed by atoms with Crippen molar-refractivity contribution in [1.82, 2.24) is 0 Å². The van der Waals surface area contributed by atoms with Gasteiger partial charge < -0.3 is 0 Å². The topological polar surface area (TPSA) is 54.4 Å². The third-order valence-corrected chi connectivity index (χ3v) is 3.30. The third-order valence-electron chi connectivity index (χ3n) is 2.43. The third kappa shape index (κ3) is 3.37. The molecule has 0 spiro atoms. The Morgan fingerprint density at radius 3 is 2.31 bits per heavy atom. The van der Waals surface area contributed by atoms with Crippen molar-refractivity contribution in [2.75, 3.05) is 0 Å². The lowest BCUT2D eigenvalue weighted by Gasteiger charge is -2.07. The fraction of sp³-hybridized carbons (Fsp3) is 0.333. The monoisotopic (exact) mass is 238 g/mol. The number of hydrogen-bond acceptors (Lipinski definition) is 2. The summed E-state index contributed by atoms with van der Waals surface area (Å²) in [4.78, 5) is -0.0926. The van der Waals surface area contributed by atoms with E-state index >= 15 is 0 Å². The number of hydrogen-bond donors (Lipinski definition) is 1. The molecule has 0 aliphatic rings. The van der Waals surface area contributed by atoms with Crippen LogP contribution < -0.4 is 0 Å². The van der Waals surface area contributed by atoms with Crippen molar-refractivity contribution in [1.29, 1.82) is 0 Å². The number of terminal acetylenes is 1. The van der Waals surface area contributed by atoms with Gasteiger partial charge in [0.2, 0.25) is 0 Å². The first-order valence-electron chi connectivity index (χ1n) is 5.00. The van der Waals surface area contributed by atoms with Gasteiger partial charge in [-0.2, -0.15) is 8.42 Å². The molecular formula is C12H14O3S. The summed E-state index contributed by atoms with van der Waals surface area (Å²) < 4.78 is 30.4. The largest absolute Gasteiger partial charge is 0.294 e. The van der Waals surface area contributed by atoms with Crippen molar-refractivity contribution in [3.05, 3.63) is 29.8 Å². The van der Waals surface area contributed by atoms with E-state index in [9.17, 15) is 8.42 Å². The molecule has 3 nitrogen and oxygen atoms in total. The fourth-order valence-electron chi connectivity index (χ4n) is 1.40. The Bertz CT molecular complexity index is 480. The maximum absolute atomic E-state index is 10.8. The van der Waals surface area contributed by atoms with Gasteiger partial charge in [0.05, 0.1) is 4.90 Å². The van der Waals surface area contributed by atoms with Crippen molar-refractivity contribution >= 4 is 10.1 Å². The molecule has 0 saturated carbocycles. The second-order valence-corrected chi connectivity index (χ2v) is 5.02. The fourth-order valence-corrected chi connectivity index (χ4v) is 1.88. The maximum Gasteiger partial charge on any atom is 0.294 e. The molecule has 86 valence electrons. The molecule has 0 aromatic heterocycles. The average molecular weight is 238 g/mol. The van der Waals surface area contributed by atoms with Gasteiger partial charge in [0.1, 0.15) is 0 Å². The molecule has 1 unspecified atom stereocenters. The van der Waals surface area contributed by atoms with Crippen LogP contribution in [0.3, 0.4) is 0 Å². The van der Waals surface area contributed by atoms with Crippen LogP contribution in [-0.4, -0.2) is 13.0 Å². The first-order valence-corrected chi connectivity index (χ1v) is 6.44. The lowest BCUT2D eigenvalue weighted by Crippen LogP contribution is -2.01. The normalized spacial score (nSPS) is 13.1. The molecule has 0 aliphatic heterocycles. The van der Waals surface area contributed by atoms with Crippen molar-refractivity contribution in [3.8, 4) is 12.3 Å². The molecule has 1 atom stereocenters. The molecule has 1 aromatic rings. The Balaban J connectivity index is 2.85. The van der Waals surface area contributed by atoms with E-state index in [-0.39, 0.29) is 10.8 Å². The van der Waals surface area contributed by atoms with Crippen LogP contribution in [0.1, 0.15) is 18.9 Å². The van der Waals surface area contributed by atoms with Gasteiger partial charge in [-0.05, 0) is 30.5 Å². The first kappa shape index (κ1) is 12.8. The molecule has 4 heteroatoms. The van der Waals surface area contributed by atoms with E-state index in [0.717, 1.165) is 18.4 Å². The summed E-state index contributed by atoms with van der Waals surface area (Å²) in [6.07, 6.45) is 6.95. The summed E-state index contributed by atoms with van der Waals surface area (Å²) in [5.74, 6) is 2.84. The maximum atomic E-state index is 10.8. The quantitative estimate of drug-likeness (QED) is 0.646. The van der Waals surface area contributed by atoms with Gasteiger partial charge in [-0.1, -0.05) is 19.1 Å². The minimum atomic E-state index is -4.10. The summed E-state index contributed by atoms with van der Waals surface area (Å²) >= 11 is 0. The van der Waals surface area contributed by atoms with Crippen molar-refractivity contribution < 1.29 is 13.0 Å². The smallest absolute Gasteiger partial charge is 0.282 e. The van der Waals surface area contributed by atoms with Gasteiger partial charge in [-0.3, -0.25) is 4.55 Å². The Labute approximate surface area is 96.2 Å². The highest BCUT2D eigenvalue weighted by molar-refractivity contribution is 7.85. The van der Waals surface area contributed by atoms with Gasteiger partial charge >= 0.3 is 0 Å². The second kappa shape index (κ2) is 5.15. The molecule has 0 radical (unpaired) electrons. The zero-order chi connectivity index (χ0) is 12.2. The van der Waals surface area contributed by atoms with E-state index in [1.165, 1.54) is 12.1 Å². The van der Waals surface area contributed by atoms with Crippen molar-refractivity contribution in [3.63, 3.8) is 0 Å². The standard InChI is InChI=1S/C12H14O3S/c1-3-10(4-2)9-11-5-7-12(8-6-11)16(13,14)15/h1,5-8,10H,4,9H2,2H3,(H,13,14,15). The highest BCUT2D eigenvalue weighted by Gasteiger charge is 2.09. The molecule has 0 heterocycles. The Morgan fingerprint density at radius 2 is 1.94 bits per heavy atom. The molecular weight excluding hydrogens is 224 g/mol. The zero-order valence-corrected chi connectivity index (χ0v) is 9.87. The number of benzene rings is 1. The minimum Gasteiger partial charge on any atom is -0.282 e. The van der Waals surface area contributed by atoms with E-state index in [0.29, 0.717) is 0 Å². The predicted octanol–water partition coefficient (Wildman–Crippen LogP) is 2.14. The molecule has 1 aromatic carbocycles. The SMILES string of the molecule is C#CC(CC)Cc1ccc(S(=O)(=O)O)cc1. The van der Waals surface area contributed by atoms with E-state index in [4.69, 9.17) is 11.0 Å². The van der Waals surface area contributed by atoms with Crippen LogP contribution in [0.25, 0.3) is 0 Å². The molecule has 1 N–H and O–H groups in total. The van der Waals surface area contributed by atoms with Crippen LogP contribution in [-0.2, 0) is 16.5 Å². The Morgan fingerprint density at radius 1 is 1.38 bits per heavy atom. The highest BCUT2D eigenvalue weighted by atomic mass is 32.2.